The van der Waals surface area contributed by atoms with Crippen LogP contribution < -0.4 is 10.1 Å². The molecule has 7 heteroatoms. The zero-order chi connectivity index (χ0) is 20.8. The van der Waals surface area contributed by atoms with Crippen molar-refractivity contribution in [1.29, 1.82) is 0 Å². The third-order valence-corrected chi connectivity index (χ3v) is 5.21. The molecule has 5 nitrogen and oxygen atoms in total. The highest BCUT2D eigenvalue weighted by Gasteiger charge is 2.23. The quantitative estimate of drug-likeness (QED) is 0.475. The number of carbonyl (C=O) groups is 2. The van der Waals surface area contributed by atoms with E-state index in [1.165, 1.54) is 11.3 Å². The zero-order valence-corrected chi connectivity index (χ0v) is 17.6. The molecule has 2 aromatic carbocycles. The van der Waals surface area contributed by atoms with Crippen molar-refractivity contribution in [2.75, 3.05) is 18.5 Å². The first-order valence-electron chi connectivity index (χ1n) is 9.12. The number of amides is 1. The Balaban J connectivity index is 1.94. The lowest BCUT2D eigenvalue weighted by molar-refractivity contribution is 0.0529. The van der Waals surface area contributed by atoms with Crippen LogP contribution in [0.4, 0.5) is 5.00 Å². The molecule has 0 atom stereocenters. The molecule has 0 spiro atoms. The van der Waals surface area contributed by atoms with Gasteiger partial charge in [-0.3, -0.25) is 4.79 Å². The number of hydrogen-bond acceptors (Lipinski definition) is 5. The molecular weight excluding hydrogens is 410 g/mol. The third-order valence-electron chi connectivity index (χ3n) is 4.06. The molecule has 0 radical (unpaired) electrons. The summed E-state index contributed by atoms with van der Waals surface area (Å²) in [5.41, 5.74) is 2.26. The predicted molar refractivity (Wildman–Crippen MR) is 116 cm³/mol. The first kappa shape index (κ1) is 20.9. The van der Waals surface area contributed by atoms with E-state index >= 15 is 0 Å². The molecule has 0 aliphatic rings. The fraction of sp³-hybridized carbons (Fsp3) is 0.182. The van der Waals surface area contributed by atoms with Gasteiger partial charge in [0.05, 0.1) is 13.2 Å². The Morgan fingerprint density at radius 2 is 1.83 bits per heavy atom. The van der Waals surface area contributed by atoms with Gasteiger partial charge < -0.3 is 14.8 Å². The van der Waals surface area contributed by atoms with Crippen molar-refractivity contribution in [2.45, 2.75) is 13.8 Å². The summed E-state index contributed by atoms with van der Waals surface area (Å²) in [6.07, 6.45) is 0. The van der Waals surface area contributed by atoms with E-state index < -0.39 is 5.97 Å². The molecule has 1 aromatic heterocycles. The lowest BCUT2D eigenvalue weighted by atomic mass is 10.0. The Hall–Kier alpha value is -2.83. The Kier molecular flexibility index (Phi) is 6.90. The number of esters is 1. The summed E-state index contributed by atoms with van der Waals surface area (Å²) >= 11 is 7.24. The predicted octanol–water partition coefficient (Wildman–Crippen LogP) is 5.90. The van der Waals surface area contributed by atoms with Crippen molar-refractivity contribution < 1.29 is 19.1 Å². The van der Waals surface area contributed by atoms with E-state index in [1.54, 1.807) is 43.3 Å². The molecule has 0 unspecified atom stereocenters. The van der Waals surface area contributed by atoms with Gasteiger partial charge in [0.15, 0.2) is 0 Å². The van der Waals surface area contributed by atoms with Crippen molar-refractivity contribution in [3.63, 3.8) is 0 Å². The maximum atomic E-state index is 12.8. The highest BCUT2D eigenvalue weighted by atomic mass is 35.5. The van der Waals surface area contributed by atoms with E-state index in [9.17, 15) is 9.59 Å². The van der Waals surface area contributed by atoms with Crippen molar-refractivity contribution in [3.05, 3.63) is 70.1 Å². The van der Waals surface area contributed by atoms with E-state index in [0.29, 0.717) is 39.1 Å². The van der Waals surface area contributed by atoms with E-state index in [4.69, 9.17) is 21.1 Å². The maximum Gasteiger partial charge on any atom is 0.341 e. The topological polar surface area (TPSA) is 64.6 Å². The Morgan fingerprint density at radius 1 is 1.07 bits per heavy atom. The van der Waals surface area contributed by atoms with Gasteiger partial charge in [0.2, 0.25) is 0 Å². The average Bonchev–Trinajstić information content (AvgIpc) is 3.13. The Labute approximate surface area is 178 Å². The summed E-state index contributed by atoms with van der Waals surface area (Å²) in [6.45, 7) is 4.36. The molecule has 3 rings (SSSR count). The second-order valence-electron chi connectivity index (χ2n) is 6.00. The summed E-state index contributed by atoms with van der Waals surface area (Å²) in [5, 5.41) is 5.69. The minimum absolute atomic E-state index is 0.235. The summed E-state index contributed by atoms with van der Waals surface area (Å²) in [6, 6.07) is 14.0. The van der Waals surface area contributed by atoms with Crippen LogP contribution >= 0.6 is 22.9 Å². The van der Waals surface area contributed by atoms with Crippen molar-refractivity contribution in [1.82, 2.24) is 0 Å². The summed E-state index contributed by atoms with van der Waals surface area (Å²) < 4.78 is 10.7. The van der Waals surface area contributed by atoms with Crippen LogP contribution in [0.25, 0.3) is 11.1 Å². The van der Waals surface area contributed by atoms with Crippen LogP contribution in [0.15, 0.2) is 53.9 Å². The Morgan fingerprint density at radius 3 is 2.52 bits per heavy atom. The van der Waals surface area contributed by atoms with Gasteiger partial charge in [-0.25, -0.2) is 4.79 Å². The minimum Gasteiger partial charge on any atom is -0.494 e. The first-order chi connectivity index (χ1) is 14.0. The fourth-order valence-corrected chi connectivity index (χ4v) is 3.85. The monoisotopic (exact) mass is 429 g/mol. The molecule has 0 saturated heterocycles. The molecule has 1 amide bonds. The van der Waals surface area contributed by atoms with Gasteiger partial charge in [0.1, 0.15) is 16.3 Å². The highest BCUT2D eigenvalue weighted by molar-refractivity contribution is 7.15. The molecule has 0 aliphatic carbocycles. The number of thiophene rings is 1. The van der Waals surface area contributed by atoms with Crippen LogP contribution in [-0.4, -0.2) is 25.1 Å². The SMILES string of the molecule is CCOC(=O)c1c(-c2ccc(Cl)cc2)csc1NC(=O)c1cccc(OCC)c1. The number of hydrogen-bond donors (Lipinski definition) is 1. The maximum absolute atomic E-state index is 12.8. The molecule has 0 saturated carbocycles. The lowest BCUT2D eigenvalue weighted by Crippen LogP contribution is -2.15. The van der Waals surface area contributed by atoms with Gasteiger partial charge in [-0.05, 0) is 49.7 Å². The number of halogens is 1. The third kappa shape index (κ3) is 4.96. The largest absolute Gasteiger partial charge is 0.494 e. The van der Waals surface area contributed by atoms with E-state index in [2.05, 4.69) is 5.32 Å². The molecule has 0 bridgehead atoms. The molecule has 3 aromatic rings. The molecule has 0 aliphatic heterocycles. The molecular formula is C22H20ClNO4S. The van der Waals surface area contributed by atoms with E-state index in [0.717, 1.165) is 5.56 Å². The molecule has 0 fully saturated rings. The van der Waals surface area contributed by atoms with Crippen LogP contribution in [-0.2, 0) is 4.74 Å². The molecule has 1 heterocycles. The van der Waals surface area contributed by atoms with Gasteiger partial charge in [0.25, 0.3) is 5.91 Å². The van der Waals surface area contributed by atoms with Gasteiger partial charge in [-0.2, -0.15) is 0 Å². The van der Waals surface area contributed by atoms with E-state index in [1.807, 2.05) is 24.4 Å². The van der Waals surface area contributed by atoms with Crippen LogP contribution in [0.1, 0.15) is 34.6 Å². The fourth-order valence-electron chi connectivity index (χ4n) is 2.77. The standard InChI is InChI=1S/C22H20ClNO4S/c1-3-27-17-7-5-6-15(12-17)20(25)24-21-19(22(26)28-4-2)18(13-29-21)14-8-10-16(23)11-9-14/h5-13H,3-4H2,1-2H3,(H,24,25). The van der Waals surface area contributed by atoms with Crippen molar-refractivity contribution in [3.8, 4) is 16.9 Å². The smallest absolute Gasteiger partial charge is 0.341 e. The Bertz CT molecular complexity index is 1010. The van der Waals surface area contributed by atoms with Gasteiger partial charge >= 0.3 is 5.97 Å². The summed E-state index contributed by atoms with van der Waals surface area (Å²) in [4.78, 5) is 25.4. The van der Waals surface area contributed by atoms with Crippen LogP contribution in [0.2, 0.25) is 5.02 Å². The highest BCUT2D eigenvalue weighted by Crippen LogP contribution is 2.37. The number of rotatable bonds is 7. The first-order valence-corrected chi connectivity index (χ1v) is 10.4. The van der Waals surface area contributed by atoms with Crippen LogP contribution in [0.5, 0.6) is 5.75 Å². The number of anilines is 1. The van der Waals surface area contributed by atoms with Gasteiger partial charge in [-0.15, -0.1) is 11.3 Å². The minimum atomic E-state index is -0.489. The summed E-state index contributed by atoms with van der Waals surface area (Å²) in [5.74, 6) is -0.211. The van der Waals surface area contributed by atoms with Crippen molar-refractivity contribution in [2.24, 2.45) is 0 Å². The number of carbonyl (C=O) groups excluding carboxylic acids is 2. The van der Waals surface area contributed by atoms with Crippen molar-refractivity contribution >= 4 is 39.8 Å². The van der Waals surface area contributed by atoms with Crippen LogP contribution in [0.3, 0.4) is 0 Å². The van der Waals surface area contributed by atoms with Gasteiger partial charge in [-0.1, -0.05) is 29.8 Å². The second kappa shape index (κ2) is 9.58. The number of benzene rings is 2. The molecule has 29 heavy (non-hydrogen) atoms. The zero-order valence-electron chi connectivity index (χ0n) is 16.0. The summed E-state index contributed by atoms with van der Waals surface area (Å²) in [7, 11) is 0. The number of nitrogens with one attached hydrogen (secondary N) is 1. The molecule has 150 valence electrons. The van der Waals surface area contributed by atoms with E-state index in [-0.39, 0.29) is 12.5 Å². The number of ether oxygens (including phenoxy) is 2. The van der Waals surface area contributed by atoms with Gasteiger partial charge in [0, 0.05) is 21.5 Å². The normalized spacial score (nSPS) is 10.4. The average molecular weight is 430 g/mol. The lowest BCUT2D eigenvalue weighted by Gasteiger charge is -2.10. The molecule has 1 N–H and O–H groups in total. The van der Waals surface area contributed by atoms with Crippen LogP contribution in [0, 0.1) is 0 Å². The second-order valence-corrected chi connectivity index (χ2v) is 7.31.